The second-order valence-electron chi connectivity index (χ2n) is 9.27. The van der Waals surface area contributed by atoms with Gasteiger partial charge in [-0.3, -0.25) is 14.4 Å². The Labute approximate surface area is 193 Å². The lowest BCUT2D eigenvalue weighted by Gasteiger charge is -2.38. The molecule has 3 aliphatic rings. The van der Waals surface area contributed by atoms with Gasteiger partial charge in [-0.25, -0.2) is 0 Å². The summed E-state index contributed by atoms with van der Waals surface area (Å²) in [5, 5.41) is 13.0. The Kier molecular flexibility index (Phi) is 6.37. The predicted molar refractivity (Wildman–Crippen MR) is 118 cm³/mol. The molecular weight excluding hydrogens is 428 g/mol. The highest BCUT2D eigenvalue weighted by Crippen LogP contribution is 2.59. The van der Waals surface area contributed by atoms with Crippen LogP contribution in [0.25, 0.3) is 0 Å². The van der Waals surface area contributed by atoms with Gasteiger partial charge in [0.2, 0.25) is 11.8 Å². The number of amides is 2. The van der Waals surface area contributed by atoms with Crippen LogP contribution < -0.4 is 10.1 Å². The topological polar surface area (TPSA) is 114 Å². The molecule has 0 radical (unpaired) electrons. The summed E-state index contributed by atoms with van der Waals surface area (Å²) in [4.78, 5) is 41.7. The number of hydrogen-bond acceptors (Lipinski definition) is 7. The van der Waals surface area contributed by atoms with Crippen molar-refractivity contribution in [3.8, 4) is 5.75 Å². The Bertz CT molecular complexity index is 918. The molecular formula is C24H32N2O7. The van der Waals surface area contributed by atoms with E-state index in [-0.39, 0.29) is 25.0 Å². The van der Waals surface area contributed by atoms with Crippen molar-refractivity contribution in [2.24, 2.45) is 17.8 Å². The van der Waals surface area contributed by atoms with Crippen molar-refractivity contribution in [2.45, 2.75) is 57.4 Å². The number of hydrogen-bond donors (Lipinski definition) is 2. The van der Waals surface area contributed by atoms with E-state index in [0.29, 0.717) is 24.3 Å². The lowest BCUT2D eigenvalue weighted by atomic mass is 9.70. The summed E-state index contributed by atoms with van der Waals surface area (Å²) in [5.74, 6) is -2.22. The van der Waals surface area contributed by atoms with Crippen molar-refractivity contribution in [1.82, 2.24) is 4.90 Å². The summed E-state index contributed by atoms with van der Waals surface area (Å²) in [7, 11) is 1.56. The first-order valence-corrected chi connectivity index (χ1v) is 11.5. The van der Waals surface area contributed by atoms with Gasteiger partial charge in [-0.05, 0) is 49.9 Å². The van der Waals surface area contributed by atoms with E-state index in [9.17, 15) is 19.5 Å². The first-order chi connectivity index (χ1) is 15.8. The smallest absolute Gasteiger partial charge is 0.312 e. The van der Waals surface area contributed by atoms with Gasteiger partial charge in [0.25, 0.3) is 0 Å². The molecule has 0 saturated carbocycles. The molecule has 3 aliphatic heterocycles. The number of ether oxygens (including phenoxy) is 3. The Morgan fingerprint density at radius 1 is 1.30 bits per heavy atom. The normalized spacial score (nSPS) is 31.0. The number of rotatable bonds is 8. The summed E-state index contributed by atoms with van der Waals surface area (Å²) >= 11 is 0. The molecule has 33 heavy (non-hydrogen) atoms. The quantitative estimate of drug-likeness (QED) is 0.566. The van der Waals surface area contributed by atoms with Crippen LogP contribution in [0, 0.1) is 17.8 Å². The highest BCUT2D eigenvalue weighted by atomic mass is 16.6. The number of aliphatic hydroxyl groups is 1. The highest BCUT2D eigenvalue weighted by molar-refractivity contribution is 6.03. The lowest BCUT2D eigenvalue weighted by Crippen LogP contribution is -2.57. The average molecular weight is 461 g/mol. The molecule has 3 fully saturated rings. The summed E-state index contributed by atoms with van der Waals surface area (Å²) in [6, 6.07) is 5.33. The number of nitrogens with one attached hydrogen (secondary N) is 1. The molecule has 3 heterocycles. The maximum atomic E-state index is 13.8. The van der Waals surface area contributed by atoms with Gasteiger partial charge < -0.3 is 29.5 Å². The standard InChI is InChI=1S/C24H32N2O7/c1-5-32-23(30)18-17-10-11-24(33-17)19(18)22(29)26(16(12-27)13(2)3)20(24)21(28)25-14-6-8-15(31-4)9-7-14/h6-9,13,16-20,27H,5,10-12H2,1-4H3,(H,25,28)/t16-,17+,18-,19-,20?,24?/m0/s1. The van der Waals surface area contributed by atoms with Gasteiger partial charge in [0, 0.05) is 5.69 Å². The zero-order valence-corrected chi connectivity index (χ0v) is 19.4. The van der Waals surface area contributed by atoms with Crippen LogP contribution in [-0.4, -0.2) is 71.9 Å². The van der Waals surface area contributed by atoms with Crippen molar-refractivity contribution in [3.63, 3.8) is 0 Å². The molecule has 180 valence electrons. The minimum Gasteiger partial charge on any atom is -0.497 e. The van der Waals surface area contributed by atoms with Crippen molar-refractivity contribution in [3.05, 3.63) is 24.3 Å². The van der Waals surface area contributed by atoms with E-state index in [1.807, 2.05) is 13.8 Å². The number of benzene rings is 1. The minimum atomic E-state index is -1.13. The minimum absolute atomic E-state index is 0.108. The fourth-order valence-corrected chi connectivity index (χ4v) is 5.76. The maximum absolute atomic E-state index is 13.8. The molecule has 0 aliphatic carbocycles. The SMILES string of the molecule is CCOC(=O)[C@@H]1[C@H]2C(=O)N([C@@H](CO)C(C)C)C(C(=O)Nc3ccc(OC)cc3)C23CC[C@H]1O3. The first kappa shape index (κ1) is 23.5. The molecule has 2 unspecified atom stereocenters. The number of likely N-dealkylation sites (tertiary alicyclic amines) is 1. The molecule has 3 saturated heterocycles. The Balaban J connectivity index is 1.72. The molecule has 2 N–H and O–H groups in total. The lowest BCUT2D eigenvalue weighted by molar-refractivity contribution is -0.155. The summed E-state index contributed by atoms with van der Waals surface area (Å²) in [6.07, 6.45) is 0.596. The summed E-state index contributed by atoms with van der Waals surface area (Å²) in [5.41, 5.74) is -0.578. The van der Waals surface area contributed by atoms with Crippen LogP contribution in [-0.2, 0) is 23.9 Å². The number of aliphatic hydroxyl groups excluding tert-OH is 1. The zero-order chi connectivity index (χ0) is 23.9. The average Bonchev–Trinajstić information content (AvgIpc) is 3.42. The van der Waals surface area contributed by atoms with E-state index >= 15 is 0 Å². The maximum Gasteiger partial charge on any atom is 0.312 e. The largest absolute Gasteiger partial charge is 0.497 e. The summed E-state index contributed by atoms with van der Waals surface area (Å²) < 4.78 is 16.8. The van der Waals surface area contributed by atoms with Crippen molar-refractivity contribution >= 4 is 23.5 Å². The Morgan fingerprint density at radius 3 is 2.58 bits per heavy atom. The van der Waals surface area contributed by atoms with Crippen LogP contribution in [0.15, 0.2) is 24.3 Å². The van der Waals surface area contributed by atoms with Crippen LogP contribution in [0.3, 0.4) is 0 Å². The van der Waals surface area contributed by atoms with Crippen molar-refractivity contribution in [2.75, 3.05) is 25.6 Å². The van der Waals surface area contributed by atoms with Crippen molar-refractivity contribution in [1.29, 1.82) is 0 Å². The molecule has 0 aromatic heterocycles. The molecule has 2 bridgehead atoms. The van der Waals surface area contributed by atoms with Crippen LogP contribution >= 0.6 is 0 Å². The molecule has 2 amide bonds. The van der Waals surface area contributed by atoms with Gasteiger partial charge in [-0.1, -0.05) is 13.8 Å². The molecule has 9 nitrogen and oxygen atoms in total. The van der Waals surface area contributed by atoms with Gasteiger partial charge in [0.15, 0.2) is 0 Å². The number of esters is 1. The van der Waals surface area contributed by atoms with E-state index in [1.54, 1.807) is 38.3 Å². The highest BCUT2D eigenvalue weighted by Gasteiger charge is 2.75. The molecule has 6 atom stereocenters. The molecule has 1 aromatic rings. The van der Waals surface area contributed by atoms with E-state index in [1.165, 1.54) is 4.90 Å². The number of nitrogens with zero attached hydrogens (tertiary/aromatic N) is 1. The van der Waals surface area contributed by atoms with Gasteiger partial charge in [0.05, 0.1) is 44.3 Å². The fourth-order valence-electron chi connectivity index (χ4n) is 5.76. The van der Waals surface area contributed by atoms with Crippen LogP contribution in [0.4, 0.5) is 5.69 Å². The number of methoxy groups -OCH3 is 1. The zero-order valence-electron chi connectivity index (χ0n) is 19.4. The third-order valence-electron chi connectivity index (χ3n) is 7.22. The van der Waals surface area contributed by atoms with Crippen molar-refractivity contribution < 1.29 is 33.7 Å². The second kappa shape index (κ2) is 8.95. The van der Waals surface area contributed by atoms with Crippen LogP contribution in [0.2, 0.25) is 0 Å². The number of fused-ring (bicyclic) bond motifs is 1. The second-order valence-corrected chi connectivity index (χ2v) is 9.27. The van der Waals surface area contributed by atoms with E-state index in [4.69, 9.17) is 14.2 Å². The van der Waals surface area contributed by atoms with Crippen LogP contribution in [0.5, 0.6) is 5.75 Å². The number of carbonyl (C=O) groups is 3. The van der Waals surface area contributed by atoms with E-state index < -0.39 is 47.5 Å². The van der Waals surface area contributed by atoms with Gasteiger partial charge in [-0.2, -0.15) is 0 Å². The number of carbonyl (C=O) groups excluding carboxylic acids is 3. The van der Waals surface area contributed by atoms with Gasteiger partial charge in [0.1, 0.15) is 17.4 Å². The van der Waals surface area contributed by atoms with Gasteiger partial charge in [-0.15, -0.1) is 0 Å². The summed E-state index contributed by atoms with van der Waals surface area (Å²) in [6.45, 7) is 5.40. The Hall–Kier alpha value is -2.65. The van der Waals surface area contributed by atoms with Crippen LogP contribution in [0.1, 0.15) is 33.6 Å². The third-order valence-corrected chi connectivity index (χ3v) is 7.22. The van der Waals surface area contributed by atoms with E-state index in [0.717, 1.165) is 0 Å². The Morgan fingerprint density at radius 2 is 2.00 bits per heavy atom. The monoisotopic (exact) mass is 460 g/mol. The predicted octanol–water partition coefficient (Wildman–Crippen LogP) is 1.59. The molecule has 4 rings (SSSR count). The number of anilines is 1. The van der Waals surface area contributed by atoms with Gasteiger partial charge >= 0.3 is 5.97 Å². The molecule has 9 heteroatoms. The first-order valence-electron chi connectivity index (χ1n) is 11.5. The third kappa shape index (κ3) is 3.67. The van der Waals surface area contributed by atoms with E-state index in [2.05, 4.69) is 5.32 Å². The molecule has 1 spiro atoms. The fraction of sp³-hybridized carbons (Fsp3) is 0.625. The molecule has 1 aromatic carbocycles.